The van der Waals surface area contributed by atoms with Gasteiger partial charge in [0.2, 0.25) is 0 Å². The van der Waals surface area contributed by atoms with E-state index >= 15 is 0 Å². The van der Waals surface area contributed by atoms with Crippen molar-refractivity contribution in [1.29, 1.82) is 0 Å². The van der Waals surface area contributed by atoms with E-state index in [1.807, 2.05) is 31.2 Å². The molecule has 3 rings (SSSR count). The minimum atomic E-state index is -0.525. The van der Waals surface area contributed by atoms with Crippen molar-refractivity contribution in [2.24, 2.45) is 0 Å². The zero-order valence-electron chi connectivity index (χ0n) is 14.1. The van der Waals surface area contributed by atoms with Crippen LogP contribution < -0.4 is 5.32 Å². The fraction of sp³-hybridized carbons (Fsp3) is 0.111. The van der Waals surface area contributed by atoms with Crippen LogP contribution in [0.3, 0.4) is 0 Å². The lowest BCUT2D eigenvalue weighted by Gasteiger charge is -2.07. The van der Waals surface area contributed by atoms with Crippen LogP contribution in [0.5, 0.6) is 0 Å². The number of nitrogens with one attached hydrogen (secondary N) is 1. The zero-order chi connectivity index (χ0) is 18.7. The van der Waals surface area contributed by atoms with Gasteiger partial charge in [-0.15, -0.1) is 5.10 Å². The molecule has 0 atom stereocenters. The number of esters is 1. The molecule has 0 saturated carbocycles. The van der Waals surface area contributed by atoms with E-state index in [-0.39, 0.29) is 22.0 Å². The van der Waals surface area contributed by atoms with E-state index in [1.165, 1.54) is 36.2 Å². The smallest absolute Gasteiger partial charge is 0.337 e. The Balaban J connectivity index is 1.81. The molecular weight excluding hydrogens is 356 g/mol. The lowest BCUT2D eigenvalue weighted by atomic mass is 10.2. The summed E-state index contributed by atoms with van der Waals surface area (Å²) >= 11 is 6.08. The molecule has 0 aliphatic heterocycles. The van der Waals surface area contributed by atoms with Gasteiger partial charge in [-0.05, 0) is 37.3 Å². The Labute approximate surface area is 154 Å². The van der Waals surface area contributed by atoms with Gasteiger partial charge in [-0.2, -0.15) is 0 Å². The fourth-order valence-electron chi connectivity index (χ4n) is 2.24. The van der Waals surface area contributed by atoms with Gasteiger partial charge in [-0.3, -0.25) is 4.79 Å². The van der Waals surface area contributed by atoms with Crippen LogP contribution in [-0.4, -0.2) is 34.0 Å². The number of anilines is 1. The summed E-state index contributed by atoms with van der Waals surface area (Å²) in [6.45, 7) is 1.98. The standard InChI is InChI=1S/C18H15ClN4O3/c1-11-3-6-13(7-4-11)23-10-16(21-22-23)17(24)20-15-9-12(18(25)26-2)5-8-14(15)19/h3-10H,1-2H3,(H,20,24). The van der Waals surface area contributed by atoms with E-state index in [1.54, 1.807) is 0 Å². The van der Waals surface area contributed by atoms with Gasteiger partial charge in [0.05, 0.1) is 35.3 Å². The Bertz CT molecular complexity index is 967. The van der Waals surface area contributed by atoms with Crippen LogP contribution in [0.15, 0.2) is 48.7 Å². The number of methoxy groups -OCH3 is 1. The first kappa shape index (κ1) is 17.6. The second-order valence-electron chi connectivity index (χ2n) is 5.52. The van der Waals surface area contributed by atoms with Crippen LogP contribution in [0.2, 0.25) is 5.02 Å². The molecule has 0 bridgehead atoms. The van der Waals surface area contributed by atoms with E-state index in [4.69, 9.17) is 11.6 Å². The number of nitrogens with zero attached hydrogens (tertiary/aromatic N) is 3. The average molecular weight is 371 g/mol. The van der Waals surface area contributed by atoms with Gasteiger partial charge in [0.1, 0.15) is 0 Å². The quantitative estimate of drug-likeness (QED) is 0.712. The van der Waals surface area contributed by atoms with Crippen molar-refractivity contribution in [3.63, 3.8) is 0 Å². The highest BCUT2D eigenvalue weighted by atomic mass is 35.5. The third-order valence-corrected chi connectivity index (χ3v) is 3.99. The lowest BCUT2D eigenvalue weighted by Crippen LogP contribution is -2.13. The molecular formula is C18H15ClN4O3. The Morgan fingerprint density at radius 1 is 1.15 bits per heavy atom. The molecule has 0 saturated heterocycles. The van der Waals surface area contributed by atoms with Crippen molar-refractivity contribution < 1.29 is 14.3 Å². The van der Waals surface area contributed by atoms with Crippen LogP contribution in [-0.2, 0) is 4.74 Å². The second kappa shape index (κ2) is 7.37. The molecule has 7 nitrogen and oxygen atoms in total. The number of aryl methyl sites for hydroxylation is 1. The Morgan fingerprint density at radius 2 is 1.88 bits per heavy atom. The van der Waals surface area contributed by atoms with Crippen LogP contribution in [0.4, 0.5) is 5.69 Å². The number of hydrogen-bond donors (Lipinski definition) is 1. The number of carbonyl (C=O) groups excluding carboxylic acids is 2. The highest BCUT2D eigenvalue weighted by Crippen LogP contribution is 2.24. The summed E-state index contributed by atoms with van der Waals surface area (Å²) in [5, 5.41) is 10.8. The molecule has 1 amide bonds. The maximum atomic E-state index is 12.4. The molecule has 0 radical (unpaired) electrons. The zero-order valence-corrected chi connectivity index (χ0v) is 14.8. The third-order valence-electron chi connectivity index (χ3n) is 3.66. The highest BCUT2D eigenvalue weighted by molar-refractivity contribution is 6.34. The summed E-state index contributed by atoms with van der Waals surface area (Å²) in [4.78, 5) is 24.0. The summed E-state index contributed by atoms with van der Waals surface area (Å²) < 4.78 is 6.16. The molecule has 1 N–H and O–H groups in total. The molecule has 2 aromatic carbocycles. The first-order valence-corrected chi connectivity index (χ1v) is 8.04. The number of benzene rings is 2. The van der Waals surface area contributed by atoms with Gasteiger partial charge in [0.15, 0.2) is 5.69 Å². The molecule has 0 unspecified atom stereocenters. The van der Waals surface area contributed by atoms with E-state index in [0.29, 0.717) is 0 Å². The summed E-state index contributed by atoms with van der Waals surface area (Å²) in [6, 6.07) is 12.1. The first-order chi connectivity index (χ1) is 12.5. The van der Waals surface area contributed by atoms with Crippen LogP contribution in [0, 0.1) is 6.92 Å². The Hall–Kier alpha value is -3.19. The molecule has 0 spiro atoms. The largest absolute Gasteiger partial charge is 0.465 e. The van der Waals surface area contributed by atoms with Gasteiger partial charge < -0.3 is 10.1 Å². The number of amides is 1. The number of halogens is 1. The number of ether oxygens (including phenoxy) is 1. The summed E-state index contributed by atoms with van der Waals surface area (Å²) in [5.74, 6) is -1.02. The normalized spacial score (nSPS) is 10.4. The monoisotopic (exact) mass is 370 g/mol. The van der Waals surface area contributed by atoms with Crippen LogP contribution >= 0.6 is 11.6 Å². The molecule has 8 heteroatoms. The van der Waals surface area contributed by atoms with Crippen molar-refractivity contribution in [2.75, 3.05) is 12.4 Å². The molecule has 1 aromatic heterocycles. The van der Waals surface area contributed by atoms with E-state index in [9.17, 15) is 9.59 Å². The average Bonchev–Trinajstić information content (AvgIpc) is 3.13. The third kappa shape index (κ3) is 3.73. The minimum Gasteiger partial charge on any atom is -0.465 e. The van der Waals surface area contributed by atoms with Gasteiger partial charge >= 0.3 is 5.97 Å². The van der Waals surface area contributed by atoms with Crippen LogP contribution in [0.25, 0.3) is 5.69 Å². The maximum Gasteiger partial charge on any atom is 0.337 e. The van der Waals surface area contributed by atoms with Crippen molar-refractivity contribution in [1.82, 2.24) is 15.0 Å². The van der Waals surface area contributed by atoms with Gasteiger partial charge in [-0.25, -0.2) is 9.48 Å². The molecule has 26 heavy (non-hydrogen) atoms. The van der Waals surface area contributed by atoms with Gasteiger partial charge in [0.25, 0.3) is 5.91 Å². The van der Waals surface area contributed by atoms with Crippen LogP contribution in [0.1, 0.15) is 26.4 Å². The van der Waals surface area contributed by atoms with Gasteiger partial charge in [0, 0.05) is 0 Å². The molecule has 0 fully saturated rings. The van der Waals surface area contributed by atoms with E-state index in [0.717, 1.165) is 11.3 Å². The Kier molecular flexibility index (Phi) is 4.99. The summed E-state index contributed by atoms with van der Waals surface area (Å²) in [5.41, 5.74) is 2.57. The molecule has 132 valence electrons. The lowest BCUT2D eigenvalue weighted by molar-refractivity contribution is 0.0600. The second-order valence-corrected chi connectivity index (χ2v) is 5.93. The molecule has 0 aliphatic carbocycles. The van der Waals surface area contributed by atoms with E-state index in [2.05, 4.69) is 20.4 Å². The topological polar surface area (TPSA) is 86.1 Å². The highest BCUT2D eigenvalue weighted by Gasteiger charge is 2.15. The molecule has 1 heterocycles. The fourth-order valence-corrected chi connectivity index (χ4v) is 2.41. The number of aromatic nitrogens is 3. The predicted molar refractivity (Wildman–Crippen MR) is 96.8 cm³/mol. The minimum absolute atomic E-state index is 0.116. The first-order valence-electron chi connectivity index (χ1n) is 7.66. The molecule has 0 aliphatic rings. The molecule has 3 aromatic rings. The van der Waals surface area contributed by atoms with E-state index < -0.39 is 11.9 Å². The number of hydrogen-bond acceptors (Lipinski definition) is 5. The summed E-state index contributed by atoms with van der Waals surface area (Å²) in [7, 11) is 1.28. The number of carbonyl (C=O) groups is 2. The van der Waals surface area contributed by atoms with Gasteiger partial charge in [-0.1, -0.05) is 34.5 Å². The summed E-state index contributed by atoms with van der Waals surface area (Å²) in [6.07, 6.45) is 1.51. The predicted octanol–water partition coefficient (Wildman–Crippen LogP) is 3.27. The van der Waals surface area contributed by atoms with Crippen molar-refractivity contribution >= 4 is 29.2 Å². The maximum absolute atomic E-state index is 12.4. The Morgan fingerprint density at radius 3 is 2.58 bits per heavy atom. The SMILES string of the molecule is COC(=O)c1ccc(Cl)c(NC(=O)c2cn(-c3ccc(C)cc3)nn2)c1. The van der Waals surface area contributed by atoms with Crippen molar-refractivity contribution in [2.45, 2.75) is 6.92 Å². The van der Waals surface area contributed by atoms with Crippen molar-refractivity contribution in [3.05, 3.63) is 70.5 Å². The van der Waals surface area contributed by atoms with Crippen molar-refractivity contribution in [3.8, 4) is 5.69 Å². The number of rotatable bonds is 4.